The topological polar surface area (TPSA) is 109 Å². The second-order valence-corrected chi connectivity index (χ2v) is 6.69. The molecule has 1 atom stereocenters. The van der Waals surface area contributed by atoms with E-state index in [4.69, 9.17) is 9.15 Å². The molecular formula is C22H20FNO6. The van der Waals surface area contributed by atoms with Crippen LogP contribution in [0.15, 0.2) is 57.7 Å². The summed E-state index contributed by atoms with van der Waals surface area (Å²) in [5.74, 6) is -1.92. The number of aromatic hydroxyl groups is 2. The van der Waals surface area contributed by atoms with Crippen LogP contribution in [0.4, 0.5) is 10.1 Å². The highest BCUT2D eigenvalue weighted by molar-refractivity contribution is 5.91. The van der Waals surface area contributed by atoms with E-state index in [2.05, 4.69) is 5.32 Å². The second-order valence-electron chi connectivity index (χ2n) is 6.69. The molecule has 30 heavy (non-hydrogen) atoms. The third kappa shape index (κ3) is 4.60. The van der Waals surface area contributed by atoms with E-state index in [9.17, 15) is 24.2 Å². The van der Waals surface area contributed by atoms with Gasteiger partial charge in [-0.05, 0) is 48.9 Å². The molecule has 0 bridgehead atoms. The van der Waals surface area contributed by atoms with Crippen molar-refractivity contribution in [1.29, 1.82) is 0 Å². The monoisotopic (exact) mass is 413 g/mol. The van der Waals surface area contributed by atoms with Crippen LogP contribution in [0.5, 0.6) is 17.2 Å². The average Bonchev–Trinajstić information content (AvgIpc) is 2.68. The Bertz CT molecular complexity index is 1120. The van der Waals surface area contributed by atoms with Gasteiger partial charge in [-0.2, -0.15) is 0 Å². The van der Waals surface area contributed by atoms with Crippen LogP contribution in [-0.2, 0) is 4.79 Å². The number of methoxy groups -OCH3 is 1. The summed E-state index contributed by atoms with van der Waals surface area (Å²) in [6.45, 7) is 1.51. The van der Waals surface area contributed by atoms with Crippen molar-refractivity contribution in [1.82, 2.24) is 0 Å². The van der Waals surface area contributed by atoms with Gasteiger partial charge < -0.3 is 24.7 Å². The lowest BCUT2D eigenvalue weighted by atomic mass is 9.88. The number of carbonyl (C=O) groups excluding carboxylic acids is 1. The van der Waals surface area contributed by atoms with E-state index in [1.54, 1.807) is 6.07 Å². The molecule has 1 aromatic heterocycles. The number of phenolic OH excluding ortho intramolecular Hbond substituents is 1. The van der Waals surface area contributed by atoms with Crippen molar-refractivity contribution in [2.24, 2.45) is 0 Å². The minimum absolute atomic E-state index is 0.112. The highest BCUT2D eigenvalue weighted by Gasteiger charge is 2.26. The average molecular weight is 413 g/mol. The molecule has 0 aliphatic rings. The molecule has 0 saturated carbocycles. The van der Waals surface area contributed by atoms with Crippen molar-refractivity contribution in [2.45, 2.75) is 19.3 Å². The fraction of sp³-hybridized carbons (Fsp3) is 0.182. The van der Waals surface area contributed by atoms with Gasteiger partial charge in [0.05, 0.1) is 12.7 Å². The Morgan fingerprint density at radius 2 is 1.83 bits per heavy atom. The van der Waals surface area contributed by atoms with Gasteiger partial charge in [0.2, 0.25) is 5.91 Å². The van der Waals surface area contributed by atoms with Crippen molar-refractivity contribution in [3.63, 3.8) is 0 Å². The molecule has 0 radical (unpaired) electrons. The number of anilines is 1. The van der Waals surface area contributed by atoms with E-state index in [-0.39, 0.29) is 35.0 Å². The summed E-state index contributed by atoms with van der Waals surface area (Å²) >= 11 is 0. The normalized spacial score (nSPS) is 11.7. The Balaban J connectivity index is 1.99. The van der Waals surface area contributed by atoms with Gasteiger partial charge in [-0.25, -0.2) is 9.18 Å². The van der Waals surface area contributed by atoms with Crippen molar-refractivity contribution >= 4 is 11.6 Å². The molecule has 1 amide bonds. The van der Waals surface area contributed by atoms with Crippen LogP contribution < -0.4 is 15.7 Å². The van der Waals surface area contributed by atoms with Crippen LogP contribution in [0, 0.1) is 12.7 Å². The van der Waals surface area contributed by atoms with Gasteiger partial charge >= 0.3 is 5.63 Å². The van der Waals surface area contributed by atoms with Gasteiger partial charge in [-0.15, -0.1) is 0 Å². The maximum atomic E-state index is 13.1. The van der Waals surface area contributed by atoms with Gasteiger partial charge in [-0.3, -0.25) is 4.79 Å². The van der Waals surface area contributed by atoms with Crippen LogP contribution in [0.3, 0.4) is 0 Å². The number of nitrogens with one attached hydrogen (secondary N) is 1. The molecule has 7 nitrogen and oxygen atoms in total. The van der Waals surface area contributed by atoms with E-state index >= 15 is 0 Å². The Kier molecular flexibility index (Phi) is 6.06. The zero-order chi connectivity index (χ0) is 21.8. The molecule has 3 N–H and O–H groups in total. The first-order valence-electron chi connectivity index (χ1n) is 9.04. The number of ether oxygens (including phenoxy) is 1. The standard InChI is InChI=1S/C22H20FNO6/c1-12-9-18(26)21(22(28)30-12)16(13-3-8-19(29-2)17(25)10-13)11-20(27)24-15-6-4-14(23)5-7-15/h3-10,16,25-26H,11H2,1-2H3,(H,24,27)/t16-/m0/s1. The van der Waals surface area contributed by atoms with Crippen LogP contribution in [0.2, 0.25) is 0 Å². The first-order valence-corrected chi connectivity index (χ1v) is 9.04. The number of hydrogen-bond donors (Lipinski definition) is 3. The SMILES string of the molecule is COc1ccc([C@H](CC(=O)Nc2ccc(F)cc2)c2c(O)cc(C)oc2=O)cc1O. The number of aryl methyl sites for hydroxylation is 1. The molecule has 0 spiro atoms. The Hall–Kier alpha value is -3.81. The van der Waals surface area contributed by atoms with E-state index in [0.29, 0.717) is 11.3 Å². The first kappa shape index (κ1) is 20.9. The first-order chi connectivity index (χ1) is 14.3. The number of amides is 1. The largest absolute Gasteiger partial charge is 0.507 e. The lowest BCUT2D eigenvalue weighted by Crippen LogP contribution is -2.21. The zero-order valence-corrected chi connectivity index (χ0v) is 16.3. The predicted octanol–water partition coefficient (Wildman–Crippen LogP) is 3.67. The summed E-state index contributed by atoms with van der Waals surface area (Å²) in [4.78, 5) is 25.1. The van der Waals surface area contributed by atoms with E-state index in [1.807, 2.05) is 0 Å². The molecule has 8 heteroatoms. The van der Waals surface area contributed by atoms with Crippen LogP contribution in [-0.4, -0.2) is 23.2 Å². The number of hydrogen-bond acceptors (Lipinski definition) is 6. The van der Waals surface area contributed by atoms with Crippen LogP contribution in [0.25, 0.3) is 0 Å². The Morgan fingerprint density at radius 3 is 2.43 bits per heavy atom. The maximum absolute atomic E-state index is 13.1. The van der Waals surface area contributed by atoms with Crippen molar-refractivity contribution in [2.75, 3.05) is 12.4 Å². The molecule has 2 aromatic carbocycles. The molecule has 0 fully saturated rings. The van der Waals surface area contributed by atoms with Gasteiger partial charge in [-0.1, -0.05) is 6.07 Å². The summed E-state index contributed by atoms with van der Waals surface area (Å²) in [5.41, 5.74) is -0.131. The molecule has 0 aliphatic heterocycles. The van der Waals surface area contributed by atoms with Crippen molar-refractivity contribution < 1.29 is 28.6 Å². The summed E-state index contributed by atoms with van der Waals surface area (Å²) in [5, 5.41) is 23.1. The molecule has 156 valence electrons. The number of halogens is 1. The van der Waals surface area contributed by atoms with Gasteiger partial charge in [0.25, 0.3) is 0 Å². The van der Waals surface area contributed by atoms with Gasteiger partial charge in [0, 0.05) is 24.1 Å². The minimum atomic E-state index is -0.917. The van der Waals surface area contributed by atoms with E-state index < -0.39 is 23.3 Å². The van der Waals surface area contributed by atoms with Crippen molar-refractivity contribution in [3.05, 3.63) is 81.7 Å². The number of benzene rings is 2. The predicted molar refractivity (Wildman–Crippen MR) is 108 cm³/mol. The molecule has 0 unspecified atom stereocenters. The van der Waals surface area contributed by atoms with Crippen LogP contribution in [0.1, 0.15) is 29.2 Å². The highest BCUT2D eigenvalue weighted by atomic mass is 19.1. The molecule has 0 saturated heterocycles. The summed E-state index contributed by atoms with van der Waals surface area (Å²) in [6, 6.07) is 10.9. The second kappa shape index (κ2) is 8.69. The molecule has 3 rings (SSSR count). The molecule has 1 heterocycles. The minimum Gasteiger partial charge on any atom is -0.507 e. The number of phenols is 1. The molecule has 0 aliphatic carbocycles. The lowest BCUT2D eigenvalue weighted by molar-refractivity contribution is -0.116. The number of rotatable bonds is 6. The zero-order valence-electron chi connectivity index (χ0n) is 16.3. The third-order valence-electron chi connectivity index (χ3n) is 4.56. The van der Waals surface area contributed by atoms with Gasteiger partial charge in [0.1, 0.15) is 17.3 Å². The lowest BCUT2D eigenvalue weighted by Gasteiger charge is -2.19. The van der Waals surface area contributed by atoms with E-state index in [0.717, 1.165) is 0 Å². The Labute approximate surface area is 171 Å². The van der Waals surface area contributed by atoms with Crippen molar-refractivity contribution in [3.8, 4) is 17.2 Å². The maximum Gasteiger partial charge on any atom is 0.343 e. The fourth-order valence-electron chi connectivity index (χ4n) is 3.17. The quantitative estimate of drug-likeness (QED) is 0.569. The highest BCUT2D eigenvalue weighted by Crippen LogP contribution is 2.36. The Morgan fingerprint density at radius 1 is 1.13 bits per heavy atom. The smallest absolute Gasteiger partial charge is 0.343 e. The van der Waals surface area contributed by atoms with E-state index in [1.165, 1.54) is 56.5 Å². The third-order valence-corrected chi connectivity index (χ3v) is 4.56. The summed E-state index contributed by atoms with van der Waals surface area (Å²) in [6.07, 6.45) is -0.246. The molecule has 3 aromatic rings. The summed E-state index contributed by atoms with van der Waals surface area (Å²) < 4.78 is 23.2. The fourth-order valence-corrected chi connectivity index (χ4v) is 3.17. The van der Waals surface area contributed by atoms with Gasteiger partial charge in [0.15, 0.2) is 11.5 Å². The number of carbonyl (C=O) groups is 1. The van der Waals surface area contributed by atoms with Crippen LogP contribution >= 0.6 is 0 Å². The molecular weight excluding hydrogens is 393 g/mol. The summed E-state index contributed by atoms with van der Waals surface area (Å²) in [7, 11) is 1.39.